The molecule has 1 aromatic heterocycles. The van der Waals surface area contributed by atoms with Gasteiger partial charge in [-0.05, 0) is 28.8 Å². The van der Waals surface area contributed by atoms with Crippen LogP contribution in [0.2, 0.25) is 0 Å². The lowest BCUT2D eigenvalue weighted by molar-refractivity contribution is -0.126. The van der Waals surface area contributed by atoms with Crippen LogP contribution >= 0.6 is 11.3 Å². The highest BCUT2D eigenvalue weighted by molar-refractivity contribution is 7.08. The average Bonchev–Trinajstić information content (AvgIpc) is 2.73. The number of carbonyl (C=O) groups is 2. The quantitative estimate of drug-likeness (QED) is 0.696. The van der Waals surface area contributed by atoms with E-state index in [0.29, 0.717) is 13.1 Å². The lowest BCUT2D eigenvalue weighted by Gasteiger charge is -2.23. The van der Waals surface area contributed by atoms with E-state index in [9.17, 15) is 9.59 Å². The zero-order valence-electron chi connectivity index (χ0n) is 9.58. The van der Waals surface area contributed by atoms with Crippen molar-refractivity contribution in [2.24, 2.45) is 0 Å². The number of nitrogens with one attached hydrogen (secondary N) is 3. The zero-order valence-corrected chi connectivity index (χ0v) is 10.4. The van der Waals surface area contributed by atoms with Gasteiger partial charge in [-0.1, -0.05) is 0 Å². The second-order valence-electron chi connectivity index (χ2n) is 4.04. The van der Waals surface area contributed by atoms with Crippen molar-refractivity contribution in [3.8, 4) is 0 Å². The highest BCUT2D eigenvalue weighted by Crippen LogP contribution is 2.12. The minimum Gasteiger partial charge on any atom is -0.353 e. The molecule has 0 bridgehead atoms. The number of aryl methyl sites for hydroxylation is 1. The minimum absolute atomic E-state index is 0.0669. The summed E-state index contributed by atoms with van der Waals surface area (Å²) in [6.45, 7) is 3.13. The van der Waals surface area contributed by atoms with Crippen LogP contribution < -0.4 is 16.0 Å². The molecule has 17 heavy (non-hydrogen) atoms. The van der Waals surface area contributed by atoms with E-state index in [1.54, 1.807) is 11.3 Å². The van der Waals surface area contributed by atoms with Crippen molar-refractivity contribution in [2.45, 2.75) is 19.5 Å². The molecule has 0 spiro atoms. The standard InChI is InChI=1S/C11H15N3O2S/c1-7-5-17-6-8(7)2-14-11(16)9-3-13-10(15)4-12-9/h5-6,9,12H,2-4H2,1H3,(H,13,15)(H,14,16). The van der Waals surface area contributed by atoms with Gasteiger partial charge in [0.05, 0.1) is 6.54 Å². The van der Waals surface area contributed by atoms with Gasteiger partial charge in [0, 0.05) is 13.1 Å². The van der Waals surface area contributed by atoms with Crippen LogP contribution in [0.25, 0.3) is 0 Å². The topological polar surface area (TPSA) is 70.2 Å². The normalized spacial score (nSPS) is 19.8. The molecule has 2 heterocycles. The summed E-state index contributed by atoms with van der Waals surface area (Å²) in [5, 5.41) is 12.5. The number of piperazine rings is 1. The molecule has 6 heteroatoms. The Labute approximate surface area is 104 Å². The van der Waals surface area contributed by atoms with Crippen LogP contribution in [0.3, 0.4) is 0 Å². The maximum absolute atomic E-state index is 11.8. The average molecular weight is 253 g/mol. The highest BCUT2D eigenvalue weighted by Gasteiger charge is 2.23. The number of carbonyl (C=O) groups excluding carboxylic acids is 2. The summed E-state index contributed by atoms with van der Waals surface area (Å²) in [5.74, 6) is -0.140. The fourth-order valence-electron chi connectivity index (χ4n) is 1.63. The molecule has 1 atom stereocenters. The van der Waals surface area contributed by atoms with Crippen LogP contribution in [0.4, 0.5) is 0 Å². The van der Waals surface area contributed by atoms with Crippen molar-refractivity contribution >= 4 is 23.2 Å². The molecule has 0 saturated carbocycles. The maximum Gasteiger partial charge on any atom is 0.239 e. The SMILES string of the molecule is Cc1cscc1CNC(=O)C1CNC(=O)CN1. The van der Waals surface area contributed by atoms with Crippen molar-refractivity contribution in [1.82, 2.24) is 16.0 Å². The van der Waals surface area contributed by atoms with Crippen LogP contribution in [0.1, 0.15) is 11.1 Å². The summed E-state index contributed by atoms with van der Waals surface area (Å²) in [7, 11) is 0. The Morgan fingerprint density at radius 3 is 3.00 bits per heavy atom. The number of hydrogen-bond donors (Lipinski definition) is 3. The van der Waals surface area contributed by atoms with Gasteiger partial charge in [0.2, 0.25) is 11.8 Å². The molecule has 0 radical (unpaired) electrons. The molecule has 1 aliphatic heterocycles. The Bertz CT molecular complexity index is 420. The molecule has 92 valence electrons. The zero-order chi connectivity index (χ0) is 12.3. The van der Waals surface area contributed by atoms with Crippen molar-refractivity contribution in [3.05, 3.63) is 21.9 Å². The van der Waals surface area contributed by atoms with Gasteiger partial charge in [0.15, 0.2) is 0 Å². The lowest BCUT2D eigenvalue weighted by atomic mass is 10.2. The summed E-state index contributed by atoms with van der Waals surface area (Å²) < 4.78 is 0. The first-order valence-electron chi connectivity index (χ1n) is 5.46. The number of thiophene rings is 1. The molecule has 1 aliphatic rings. The third-order valence-corrected chi connectivity index (χ3v) is 3.65. The van der Waals surface area contributed by atoms with Gasteiger partial charge in [0.25, 0.3) is 0 Å². The maximum atomic E-state index is 11.8. The van der Waals surface area contributed by atoms with Gasteiger partial charge >= 0.3 is 0 Å². The van der Waals surface area contributed by atoms with Crippen LogP contribution in [-0.4, -0.2) is 30.9 Å². The predicted octanol–water partition coefficient (Wildman–Crippen LogP) is -0.239. The summed E-state index contributed by atoms with van der Waals surface area (Å²) >= 11 is 1.63. The van der Waals surface area contributed by atoms with E-state index >= 15 is 0 Å². The summed E-state index contributed by atoms with van der Waals surface area (Å²) in [4.78, 5) is 22.7. The van der Waals surface area contributed by atoms with E-state index in [2.05, 4.69) is 21.3 Å². The second-order valence-corrected chi connectivity index (χ2v) is 4.78. The van der Waals surface area contributed by atoms with Crippen molar-refractivity contribution in [3.63, 3.8) is 0 Å². The van der Waals surface area contributed by atoms with Crippen LogP contribution in [0.5, 0.6) is 0 Å². The highest BCUT2D eigenvalue weighted by atomic mass is 32.1. The molecule has 1 saturated heterocycles. The van der Waals surface area contributed by atoms with E-state index in [0.717, 1.165) is 5.56 Å². The number of hydrogen-bond acceptors (Lipinski definition) is 4. The van der Waals surface area contributed by atoms with Gasteiger partial charge in [0.1, 0.15) is 6.04 Å². The molecule has 1 unspecified atom stereocenters. The van der Waals surface area contributed by atoms with Crippen LogP contribution in [0.15, 0.2) is 10.8 Å². The molecule has 0 aliphatic carbocycles. The Hall–Kier alpha value is -1.40. The van der Waals surface area contributed by atoms with Crippen molar-refractivity contribution in [1.29, 1.82) is 0 Å². The Balaban J connectivity index is 1.81. The van der Waals surface area contributed by atoms with E-state index < -0.39 is 0 Å². The van der Waals surface area contributed by atoms with E-state index in [-0.39, 0.29) is 24.4 Å². The van der Waals surface area contributed by atoms with E-state index in [1.807, 2.05) is 12.3 Å². The second kappa shape index (κ2) is 5.29. The van der Waals surface area contributed by atoms with E-state index in [1.165, 1.54) is 5.56 Å². The molecular formula is C11H15N3O2S. The van der Waals surface area contributed by atoms with Crippen molar-refractivity contribution < 1.29 is 9.59 Å². The molecule has 2 amide bonds. The first kappa shape index (κ1) is 12.1. The van der Waals surface area contributed by atoms with Gasteiger partial charge in [-0.3, -0.25) is 14.9 Å². The van der Waals surface area contributed by atoms with Gasteiger partial charge in [-0.2, -0.15) is 11.3 Å². The fourth-order valence-corrected chi connectivity index (χ4v) is 2.48. The Morgan fingerprint density at radius 1 is 1.59 bits per heavy atom. The summed E-state index contributed by atoms with van der Waals surface area (Å²) in [6, 6.07) is -0.327. The predicted molar refractivity (Wildman–Crippen MR) is 65.7 cm³/mol. The molecule has 2 rings (SSSR count). The summed E-state index contributed by atoms with van der Waals surface area (Å²) in [5.41, 5.74) is 2.34. The molecule has 5 nitrogen and oxygen atoms in total. The third-order valence-electron chi connectivity index (χ3n) is 2.74. The Kier molecular flexibility index (Phi) is 3.75. The molecule has 0 aromatic carbocycles. The molecule has 1 fully saturated rings. The van der Waals surface area contributed by atoms with Gasteiger partial charge in [-0.25, -0.2) is 0 Å². The first-order chi connectivity index (χ1) is 8.16. The van der Waals surface area contributed by atoms with Gasteiger partial charge in [-0.15, -0.1) is 0 Å². The van der Waals surface area contributed by atoms with Gasteiger partial charge < -0.3 is 10.6 Å². The molecular weight excluding hydrogens is 238 g/mol. The van der Waals surface area contributed by atoms with Crippen LogP contribution in [0, 0.1) is 6.92 Å². The van der Waals surface area contributed by atoms with Crippen LogP contribution in [-0.2, 0) is 16.1 Å². The molecule has 3 N–H and O–H groups in total. The minimum atomic E-state index is -0.327. The smallest absolute Gasteiger partial charge is 0.239 e. The number of rotatable bonds is 3. The number of amides is 2. The Morgan fingerprint density at radius 2 is 2.41 bits per heavy atom. The first-order valence-corrected chi connectivity index (χ1v) is 6.40. The third kappa shape index (κ3) is 3.04. The lowest BCUT2D eigenvalue weighted by Crippen LogP contribution is -2.57. The fraction of sp³-hybridized carbons (Fsp3) is 0.455. The largest absolute Gasteiger partial charge is 0.353 e. The molecule has 1 aromatic rings. The van der Waals surface area contributed by atoms with Crippen molar-refractivity contribution in [2.75, 3.05) is 13.1 Å². The van der Waals surface area contributed by atoms with E-state index in [4.69, 9.17) is 0 Å². The summed E-state index contributed by atoms with van der Waals surface area (Å²) in [6.07, 6.45) is 0. The monoisotopic (exact) mass is 253 g/mol.